The highest BCUT2D eigenvalue weighted by Gasteiger charge is 2.29. The maximum atomic E-state index is 12.4. The molecule has 4 nitrogen and oxygen atoms in total. The number of methoxy groups -OCH3 is 1. The number of nitrogens with zero attached hydrogens (tertiary/aromatic N) is 1. The van der Waals surface area contributed by atoms with E-state index >= 15 is 0 Å². The number of benzene rings is 1. The molecular weight excluding hydrogens is 228 g/mol. The molecule has 98 valence electrons. The Morgan fingerprint density at radius 1 is 1.50 bits per heavy atom. The Morgan fingerprint density at radius 3 is 2.83 bits per heavy atom. The first kappa shape index (κ1) is 12.9. The van der Waals surface area contributed by atoms with Crippen LogP contribution in [0.25, 0.3) is 0 Å². The summed E-state index contributed by atoms with van der Waals surface area (Å²) in [6.07, 6.45) is 0.985. The molecule has 0 aromatic heterocycles. The molecule has 1 amide bonds. The summed E-state index contributed by atoms with van der Waals surface area (Å²) in [6.45, 7) is 3.53. The predicted molar refractivity (Wildman–Crippen MR) is 70.7 cm³/mol. The highest BCUT2D eigenvalue weighted by atomic mass is 16.5. The van der Waals surface area contributed by atoms with Gasteiger partial charge in [-0.2, -0.15) is 0 Å². The molecule has 1 fully saturated rings. The van der Waals surface area contributed by atoms with E-state index in [0.717, 1.165) is 19.5 Å². The summed E-state index contributed by atoms with van der Waals surface area (Å²) in [6, 6.07) is 7.48. The van der Waals surface area contributed by atoms with E-state index in [1.165, 1.54) is 0 Å². The van der Waals surface area contributed by atoms with Crippen molar-refractivity contribution in [1.29, 1.82) is 0 Å². The first-order valence-electron chi connectivity index (χ1n) is 6.31. The second-order valence-electron chi connectivity index (χ2n) is 4.86. The van der Waals surface area contributed by atoms with Crippen LogP contribution in [-0.2, 0) is 0 Å². The van der Waals surface area contributed by atoms with Gasteiger partial charge in [0.05, 0.1) is 12.7 Å². The van der Waals surface area contributed by atoms with Gasteiger partial charge in [0.2, 0.25) is 0 Å². The van der Waals surface area contributed by atoms with Crippen molar-refractivity contribution >= 4 is 5.91 Å². The topological polar surface area (TPSA) is 55.6 Å². The molecule has 2 N–H and O–H groups in total. The van der Waals surface area contributed by atoms with E-state index in [4.69, 9.17) is 10.5 Å². The van der Waals surface area contributed by atoms with E-state index in [9.17, 15) is 4.79 Å². The van der Waals surface area contributed by atoms with E-state index in [0.29, 0.717) is 17.2 Å². The van der Waals surface area contributed by atoms with Crippen molar-refractivity contribution in [3.8, 4) is 5.75 Å². The van der Waals surface area contributed by atoms with E-state index in [-0.39, 0.29) is 11.9 Å². The third-order valence-electron chi connectivity index (χ3n) is 3.59. The molecule has 4 heteroatoms. The molecule has 1 heterocycles. The fraction of sp³-hybridized carbons (Fsp3) is 0.500. The maximum Gasteiger partial charge on any atom is 0.257 e. The lowest BCUT2D eigenvalue weighted by Crippen LogP contribution is -2.33. The molecule has 0 saturated carbocycles. The average molecular weight is 248 g/mol. The van der Waals surface area contributed by atoms with E-state index < -0.39 is 0 Å². The summed E-state index contributed by atoms with van der Waals surface area (Å²) in [5, 5.41) is 0. The summed E-state index contributed by atoms with van der Waals surface area (Å²) in [5.74, 6) is 1.08. The van der Waals surface area contributed by atoms with Crippen LogP contribution >= 0.6 is 0 Å². The van der Waals surface area contributed by atoms with Gasteiger partial charge >= 0.3 is 0 Å². The normalized spacial score (nSPS) is 20.8. The molecule has 2 unspecified atom stereocenters. The molecule has 1 aromatic carbocycles. The van der Waals surface area contributed by atoms with Crippen LogP contribution in [0.5, 0.6) is 5.75 Å². The van der Waals surface area contributed by atoms with Crippen molar-refractivity contribution in [2.45, 2.75) is 19.4 Å². The maximum absolute atomic E-state index is 12.4. The summed E-state index contributed by atoms with van der Waals surface area (Å²) >= 11 is 0. The molecule has 0 radical (unpaired) electrons. The van der Waals surface area contributed by atoms with Crippen LogP contribution in [0.15, 0.2) is 24.3 Å². The zero-order chi connectivity index (χ0) is 13.1. The van der Waals surface area contributed by atoms with Crippen LogP contribution in [0, 0.1) is 5.92 Å². The number of ether oxygens (including phenoxy) is 1. The lowest BCUT2D eigenvalue weighted by atomic mass is 10.0. The molecule has 18 heavy (non-hydrogen) atoms. The second-order valence-corrected chi connectivity index (χ2v) is 4.86. The number of likely N-dealkylation sites (tertiary alicyclic amines) is 1. The average Bonchev–Trinajstić information content (AvgIpc) is 2.87. The van der Waals surface area contributed by atoms with Gasteiger partial charge in [0.1, 0.15) is 5.75 Å². The molecule has 1 aliphatic rings. The first-order valence-corrected chi connectivity index (χ1v) is 6.31. The zero-order valence-corrected chi connectivity index (χ0v) is 10.9. The van der Waals surface area contributed by atoms with E-state index in [2.05, 4.69) is 0 Å². The van der Waals surface area contributed by atoms with Gasteiger partial charge in [-0.25, -0.2) is 0 Å². The molecular formula is C14H20N2O2. The highest BCUT2D eigenvalue weighted by Crippen LogP contribution is 2.24. The quantitative estimate of drug-likeness (QED) is 0.882. The Labute approximate surface area is 108 Å². The largest absolute Gasteiger partial charge is 0.496 e. The van der Waals surface area contributed by atoms with Crippen molar-refractivity contribution in [3.63, 3.8) is 0 Å². The number of nitrogens with two attached hydrogens (primary N) is 1. The van der Waals surface area contributed by atoms with Crippen LogP contribution in [-0.4, -0.2) is 37.0 Å². The Kier molecular flexibility index (Phi) is 3.87. The third kappa shape index (κ3) is 2.48. The van der Waals surface area contributed by atoms with Crippen molar-refractivity contribution in [3.05, 3.63) is 29.8 Å². The van der Waals surface area contributed by atoms with Gasteiger partial charge in [-0.1, -0.05) is 12.1 Å². The number of hydrogen-bond acceptors (Lipinski definition) is 3. The second kappa shape index (κ2) is 5.40. The summed E-state index contributed by atoms with van der Waals surface area (Å²) < 4.78 is 5.23. The number of carbonyl (C=O) groups is 1. The lowest BCUT2D eigenvalue weighted by molar-refractivity contribution is 0.0782. The first-order chi connectivity index (χ1) is 8.63. The van der Waals surface area contributed by atoms with Crippen LogP contribution in [0.1, 0.15) is 23.7 Å². The molecule has 1 saturated heterocycles. The minimum absolute atomic E-state index is 0.0376. The Hall–Kier alpha value is -1.55. The van der Waals surface area contributed by atoms with Gasteiger partial charge in [-0.15, -0.1) is 0 Å². The Balaban J connectivity index is 2.13. The van der Waals surface area contributed by atoms with Crippen LogP contribution in [0.4, 0.5) is 0 Å². The van der Waals surface area contributed by atoms with Gasteiger partial charge in [-0.05, 0) is 31.4 Å². The molecule has 0 aliphatic carbocycles. The van der Waals surface area contributed by atoms with Gasteiger partial charge in [0.25, 0.3) is 5.91 Å². The van der Waals surface area contributed by atoms with E-state index in [1.807, 2.05) is 30.0 Å². The molecule has 2 rings (SSSR count). The number of para-hydroxylation sites is 1. The lowest BCUT2D eigenvalue weighted by Gasteiger charge is -2.19. The van der Waals surface area contributed by atoms with Gasteiger partial charge in [0.15, 0.2) is 0 Å². The zero-order valence-electron chi connectivity index (χ0n) is 10.9. The van der Waals surface area contributed by atoms with Gasteiger partial charge in [-0.3, -0.25) is 4.79 Å². The fourth-order valence-corrected chi connectivity index (χ4v) is 2.39. The Bertz CT molecular complexity index is 432. The minimum atomic E-state index is 0.0376. The van der Waals surface area contributed by atoms with Crippen molar-refractivity contribution in [2.24, 2.45) is 11.7 Å². The summed E-state index contributed by atoms with van der Waals surface area (Å²) in [7, 11) is 1.58. The molecule has 1 aromatic rings. The number of amides is 1. The third-order valence-corrected chi connectivity index (χ3v) is 3.59. The molecule has 1 aliphatic heterocycles. The number of carbonyl (C=O) groups excluding carboxylic acids is 1. The van der Waals surface area contributed by atoms with Crippen LogP contribution in [0.2, 0.25) is 0 Å². The standard InChI is InChI=1S/C14H20N2O2/c1-10(15)11-7-8-16(9-11)14(17)12-5-3-4-6-13(12)18-2/h3-6,10-11H,7-9,15H2,1-2H3. The number of hydrogen-bond donors (Lipinski definition) is 1. The smallest absolute Gasteiger partial charge is 0.257 e. The highest BCUT2D eigenvalue weighted by molar-refractivity contribution is 5.97. The Morgan fingerprint density at radius 2 is 2.22 bits per heavy atom. The van der Waals surface area contributed by atoms with Crippen molar-refractivity contribution in [2.75, 3.05) is 20.2 Å². The van der Waals surface area contributed by atoms with Crippen molar-refractivity contribution in [1.82, 2.24) is 4.90 Å². The predicted octanol–water partition coefficient (Wildman–Crippen LogP) is 1.50. The van der Waals surface area contributed by atoms with Gasteiger partial charge in [0, 0.05) is 19.1 Å². The molecule has 0 spiro atoms. The SMILES string of the molecule is COc1ccccc1C(=O)N1CCC(C(C)N)C1. The van der Waals surface area contributed by atoms with Crippen LogP contribution < -0.4 is 10.5 Å². The molecule has 0 bridgehead atoms. The monoisotopic (exact) mass is 248 g/mol. The minimum Gasteiger partial charge on any atom is -0.496 e. The summed E-state index contributed by atoms with van der Waals surface area (Å²) in [5.41, 5.74) is 6.52. The number of rotatable bonds is 3. The summed E-state index contributed by atoms with van der Waals surface area (Å²) in [4.78, 5) is 14.3. The fourth-order valence-electron chi connectivity index (χ4n) is 2.39. The molecule has 2 atom stereocenters. The van der Waals surface area contributed by atoms with Crippen LogP contribution in [0.3, 0.4) is 0 Å². The van der Waals surface area contributed by atoms with Crippen molar-refractivity contribution < 1.29 is 9.53 Å². The van der Waals surface area contributed by atoms with E-state index in [1.54, 1.807) is 13.2 Å². The van der Waals surface area contributed by atoms with Gasteiger partial charge < -0.3 is 15.4 Å².